The summed E-state index contributed by atoms with van der Waals surface area (Å²) in [6.45, 7) is 4.49. The second-order valence-electron chi connectivity index (χ2n) is 6.60. The third kappa shape index (κ3) is 2.33. The summed E-state index contributed by atoms with van der Waals surface area (Å²) in [5, 5.41) is 0. The fourth-order valence-corrected chi connectivity index (χ4v) is 4.51. The molecule has 0 saturated heterocycles. The predicted molar refractivity (Wildman–Crippen MR) is 81.1 cm³/mol. The molecular weight excluding hydrogens is 230 g/mol. The van der Waals surface area contributed by atoms with Crippen LogP contribution in [0.1, 0.15) is 62.3 Å². The molecule has 0 amide bonds. The van der Waals surface area contributed by atoms with E-state index in [2.05, 4.69) is 32.0 Å². The van der Waals surface area contributed by atoms with Crippen LogP contribution in [0.3, 0.4) is 0 Å². The fraction of sp³-hybridized carbons (Fsp3) is 0.667. The van der Waals surface area contributed by atoms with Crippen molar-refractivity contribution >= 4 is 0 Å². The highest BCUT2D eigenvalue weighted by Gasteiger charge is 2.42. The van der Waals surface area contributed by atoms with Crippen LogP contribution in [0.25, 0.3) is 0 Å². The molecule has 1 aromatic carbocycles. The normalized spacial score (nSPS) is 30.8. The summed E-state index contributed by atoms with van der Waals surface area (Å²) in [6, 6.07) is 7.25. The number of rotatable bonds is 4. The Labute approximate surface area is 117 Å². The number of benzene rings is 1. The average Bonchev–Trinajstić information content (AvgIpc) is 3.08. The quantitative estimate of drug-likeness (QED) is 0.857. The van der Waals surface area contributed by atoms with Gasteiger partial charge in [0.05, 0.1) is 0 Å². The smallest absolute Gasteiger partial charge is 0.0326 e. The topological polar surface area (TPSA) is 26.0 Å². The van der Waals surface area contributed by atoms with Crippen molar-refractivity contribution < 1.29 is 0 Å². The van der Waals surface area contributed by atoms with E-state index in [4.69, 9.17) is 5.73 Å². The van der Waals surface area contributed by atoms with Crippen LogP contribution in [0.2, 0.25) is 0 Å². The van der Waals surface area contributed by atoms with Crippen molar-refractivity contribution in [3.63, 3.8) is 0 Å². The van der Waals surface area contributed by atoms with Crippen molar-refractivity contribution in [3.8, 4) is 0 Å². The molecule has 4 unspecified atom stereocenters. The van der Waals surface area contributed by atoms with Gasteiger partial charge in [-0.3, -0.25) is 0 Å². The molecule has 0 heterocycles. The van der Waals surface area contributed by atoms with Gasteiger partial charge in [0.25, 0.3) is 0 Å². The van der Waals surface area contributed by atoms with E-state index in [1.54, 1.807) is 0 Å². The molecule has 2 N–H and O–H groups in total. The van der Waals surface area contributed by atoms with Crippen molar-refractivity contribution in [2.75, 3.05) is 0 Å². The SMILES string of the molecule is CCc1ccc(C(N)C2CC3CCC2C3)cc1CC. The number of fused-ring (bicyclic) bond motifs is 2. The monoisotopic (exact) mass is 257 g/mol. The molecule has 2 bridgehead atoms. The highest BCUT2D eigenvalue weighted by Crippen LogP contribution is 2.52. The van der Waals surface area contributed by atoms with E-state index in [0.717, 1.165) is 30.6 Å². The standard InChI is InChI=1S/C18H27N/c1-3-13-7-8-16(11-14(13)4-2)18(19)17-10-12-5-6-15(17)9-12/h7-8,11-12,15,17-18H,3-6,9-10,19H2,1-2H3. The van der Waals surface area contributed by atoms with Crippen LogP contribution < -0.4 is 5.73 Å². The molecule has 0 radical (unpaired) electrons. The van der Waals surface area contributed by atoms with Gasteiger partial charge in [-0.05, 0) is 66.5 Å². The molecule has 2 aliphatic carbocycles. The van der Waals surface area contributed by atoms with E-state index in [1.165, 1.54) is 42.4 Å². The lowest BCUT2D eigenvalue weighted by atomic mass is 9.80. The Balaban J connectivity index is 1.81. The first kappa shape index (κ1) is 13.2. The van der Waals surface area contributed by atoms with Crippen LogP contribution in [0.5, 0.6) is 0 Å². The third-order valence-electron chi connectivity index (χ3n) is 5.63. The van der Waals surface area contributed by atoms with Gasteiger partial charge in [0.1, 0.15) is 0 Å². The molecule has 2 aliphatic rings. The van der Waals surface area contributed by atoms with Gasteiger partial charge in [0.2, 0.25) is 0 Å². The van der Waals surface area contributed by atoms with Crippen LogP contribution in [-0.4, -0.2) is 0 Å². The molecule has 0 aliphatic heterocycles. The van der Waals surface area contributed by atoms with Gasteiger partial charge in [-0.2, -0.15) is 0 Å². The lowest BCUT2D eigenvalue weighted by molar-refractivity contribution is 0.284. The molecule has 104 valence electrons. The molecule has 1 nitrogen and oxygen atoms in total. The first-order chi connectivity index (χ1) is 9.22. The lowest BCUT2D eigenvalue weighted by Crippen LogP contribution is -2.26. The van der Waals surface area contributed by atoms with E-state index in [0.29, 0.717) is 0 Å². The molecule has 2 saturated carbocycles. The summed E-state index contributed by atoms with van der Waals surface area (Å²) in [4.78, 5) is 0. The lowest BCUT2D eigenvalue weighted by Gasteiger charge is -2.28. The van der Waals surface area contributed by atoms with Gasteiger partial charge in [-0.1, -0.05) is 38.5 Å². The van der Waals surface area contributed by atoms with Crippen molar-refractivity contribution in [2.45, 2.75) is 58.4 Å². The van der Waals surface area contributed by atoms with Crippen LogP contribution in [0.4, 0.5) is 0 Å². The van der Waals surface area contributed by atoms with E-state index in [-0.39, 0.29) is 6.04 Å². The number of hydrogen-bond donors (Lipinski definition) is 1. The predicted octanol–water partition coefficient (Wildman–Crippen LogP) is 4.25. The molecule has 0 spiro atoms. The Morgan fingerprint density at radius 1 is 1.11 bits per heavy atom. The minimum absolute atomic E-state index is 0.270. The summed E-state index contributed by atoms with van der Waals surface area (Å²) >= 11 is 0. The maximum atomic E-state index is 6.60. The van der Waals surface area contributed by atoms with Gasteiger partial charge in [-0.15, -0.1) is 0 Å². The minimum Gasteiger partial charge on any atom is -0.324 e. The first-order valence-electron chi connectivity index (χ1n) is 8.10. The number of nitrogens with two attached hydrogens (primary N) is 1. The zero-order valence-electron chi connectivity index (χ0n) is 12.4. The van der Waals surface area contributed by atoms with Gasteiger partial charge >= 0.3 is 0 Å². The largest absolute Gasteiger partial charge is 0.324 e. The Hall–Kier alpha value is -0.820. The first-order valence-corrected chi connectivity index (χ1v) is 8.10. The Kier molecular flexibility index (Phi) is 3.66. The zero-order chi connectivity index (χ0) is 13.4. The second kappa shape index (κ2) is 5.28. The van der Waals surface area contributed by atoms with Gasteiger partial charge in [0.15, 0.2) is 0 Å². The van der Waals surface area contributed by atoms with Crippen molar-refractivity contribution in [3.05, 3.63) is 34.9 Å². The van der Waals surface area contributed by atoms with Crippen LogP contribution >= 0.6 is 0 Å². The Morgan fingerprint density at radius 3 is 2.47 bits per heavy atom. The van der Waals surface area contributed by atoms with Crippen molar-refractivity contribution in [1.82, 2.24) is 0 Å². The van der Waals surface area contributed by atoms with E-state index < -0.39 is 0 Å². The van der Waals surface area contributed by atoms with Crippen LogP contribution in [-0.2, 0) is 12.8 Å². The summed E-state index contributed by atoms with van der Waals surface area (Å²) in [7, 11) is 0. The van der Waals surface area contributed by atoms with E-state index >= 15 is 0 Å². The Bertz CT molecular complexity index is 451. The summed E-state index contributed by atoms with van der Waals surface area (Å²) < 4.78 is 0. The minimum atomic E-state index is 0.270. The number of aryl methyl sites for hydroxylation is 2. The van der Waals surface area contributed by atoms with Crippen molar-refractivity contribution in [2.24, 2.45) is 23.5 Å². The summed E-state index contributed by atoms with van der Waals surface area (Å²) in [6.07, 6.45) is 7.97. The Morgan fingerprint density at radius 2 is 1.89 bits per heavy atom. The van der Waals surface area contributed by atoms with Crippen molar-refractivity contribution in [1.29, 1.82) is 0 Å². The van der Waals surface area contributed by atoms with Crippen LogP contribution in [0, 0.1) is 17.8 Å². The fourth-order valence-electron chi connectivity index (χ4n) is 4.51. The molecular formula is C18H27N. The molecule has 1 aromatic rings. The maximum absolute atomic E-state index is 6.60. The average molecular weight is 257 g/mol. The molecule has 2 fully saturated rings. The third-order valence-corrected chi connectivity index (χ3v) is 5.63. The van der Waals surface area contributed by atoms with Crippen LogP contribution in [0.15, 0.2) is 18.2 Å². The van der Waals surface area contributed by atoms with E-state index in [1.807, 2.05) is 0 Å². The number of hydrogen-bond acceptors (Lipinski definition) is 1. The summed E-state index contributed by atoms with van der Waals surface area (Å²) in [5.41, 5.74) is 11.0. The molecule has 4 atom stereocenters. The van der Waals surface area contributed by atoms with Gasteiger partial charge < -0.3 is 5.73 Å². The van der Waals surface area contributed by atoms with E-state index in [9.17, 15) is 0 Å². The highest BCUT2D eigenvalue weighted by molar-refractivity contribution is 5.34. The molecule has 0 aromatic heterocycles. The van der Waals surface area contributed by atoms with Gasteiger partial charge in [-0.25, -0.2) is 0 Å². The summed E-state index contributed by atoms with van der Waals surface area (Å²) in [5.74, 6) is 2.65. The highest BCUT2D eigenvalue weighted by atomic mass is 14.7. The van der Waals surface area contributed by atoms with Gasteiger partial charge in [0, 0.05) is 6.04 Å². The zero-order valence-corrected chi connectivity index (χ0v) is 12.4. The molecule has 19 heavy (non-hydrogen) atoms. The molecule has 3 rings (SSSR count). The maximum Gasteiger partial charge on any atom is 0.0326 e. The molecule has 1 heteroatoms. The second-order valence-corrected chi connectivity index (χ2v) is 6.60.